The Morgan fingerprint density at radius 1 is 1.05 bits per heavy atom. The molecule has 0 radical (unpaired) electrons. The van der Waals surface area contributed by atoms with E-state index in [1.165, 1.54) is 11.3 Å². The number of benzene rings is 2. The van der Waals surface area contributed by atoms with Crippen LogP contribution in [0.1, 0.15) is 49.7 Å². The van der Waals surface area contributed by atoms with Crippen molar-refractivity contribution in [2.45, 2.75) is 44.6 Å². The van der Waals surface area contributed by atoms with Gasteiger partial charge in [0.25, 0.3) is 0 Å². The van der Waals surface area contributed by atoms with Crippen LogP contribution in [0.5, 0.6) is 0 Å². The number of halogens is 1. The minimum Gasteiger partial charge on any atom is -0.382 e. The predicted octanol–water partition coefficient (Wildman–Crippen LogP) is 5.31. The Kier molecular flexibility index (Phi) is 3.96. The van der Waals surface area contributed by atoms with E-state index in [1.54, 1.807) is 12.1 Å². The molecule has 0 aliphatic heterocycles. The molecule has 0 saturated heterocycles. The SMILES string of the molecule is CC(C)c1cccc(NC2CC(c3ccccc3F)C2)c1. The van der Waals surface area contributed by atoms with Gasteiger partial charge in [0.05, 0.1) is 0 Å². The minimum absolute atomic E-state index is 0.0669. The molecule has 1 aliphatic carbocycles. The largest absolute Gasteiger partial charge is 0.382 e. The van der Waals surface area contributed by atoms with E-state index in [0.717, 1.165) is 18.4 Å². The molecule has 0 atom stereocenters. The van der Waals surface area contributed by atoms with Gasteiger partial charge in [-0.3, -0.25) is 0 Å². The van der Waals surface area contributed by atoms with Crippen molar-refractivity contribution in [1.29, 1.82) is 0 Å². The molecule has 2 aromatic rings. The van der Waals surface area contributed by atoms with Crippen LogP contribution in [0.25, 0.3) is 0 Å². The molecule has 1 nitrogen and oxygen atoms in total. The second-order valence-electron chi connectivity index (χ2n) is 6.31. The Bertz CT molecular complexity index is 614. The zero-order chi connectivity index (χ0) is 14.8. The van der Waals surface area contributed by atoms with Gasteiger partial charge < -0.3 is 5.32 Å². The number of rotatable bonds is 4. The normalized spacial score (nSPS) is 21.1. The summed E-state index contributed by atoms with van der Waals surface area (Å²) in [6.45, 7) is 4.41. The first-order chi connectivity index (χ1) is 10.1. The maximum absolute atomic E-state index is 13.7. The van der Waals surface area contributed by atoms with Gasteiger partial charge in [-0.1, -0.05) is 44.2 Å². The van der Waals surface area contributed by atoms with E-state index in [1.807, 2.05) is 12.1 Å². The topological polar surface area (TPSA) is 12.0 Å². The minimum atomic E-state index is -0.0669. The fourth-order valence-corrected chi connectivity index (χ4v) is 3.02. The molecule has 0 amide bonds. The Balaban J connectivity index is 1.60. The van der Waals surface area contributed by atoms with Crippen LogP contribution in [0.3, 0.4) is 0 Å². The van der Waals surface area contributed by atoms with Crippen LogP contribution in [0.15, 0.2) is 48.5 Å². The maximum atomic E-state index is 13.7. The Hall–Kier alpha value is -1.83. The quantitative estimate of drug-likeness (QED) is 0.802. The molecule has 3 rings (SSSR count). The summed E-state index contributed by atoms with van der Waals surface area (Å²) in [7, 11) is 0. The Morgan fingerprint density at radius 2 is 1.81 bits per heavy atom. The smallest absolute Gasteiger partial charge is 0.126 e. The molecule has 0 aromatic heterocycles. The molecule has 1 fully saturated rings. The fourth-order valence-electron chi connectivity index (χ4n) is 3.02. The highest BCUT2D eigenvalue weighted by atomic mass is 19.1. The van der Waals surface area contributed by atoms with Crippen molar-refractivity contribution < 1.29 is 4.39 Å². The van der Waals surface area contributed by atoms with E-state index in [4.69, 9.17) is 0 Å². The van der Waals surface area contributed by atoms with Crippen molar-refractivity contribution in [3.63, 3.8) is 0 Å². The molecule has 0 unspecified atom stereocenters. The number of nitrogens with one attached hydrogen (secondary N) is 1. The summed E-state index contributed by atoms with van der Waals surface area (Å²) in [6.07, 6.45) is 2.01. The van der Waals surface area contributed by atoms with Crippen molar-refractivity contribution in [1.82, 2.24) is 0 Å². The van der Waals surface area contributed by atoms with Gasteiger partial charge in [-0.2, -0.15) is 0 Å². The Morgan fingerprint density at radius 3 is 2.52 bits per heavy atom. The first-order valence-electron chi connectivity index (χ1n) is 7.74. The Labute approximate surface area is 126 Å². The molecule has 0 heterocycles. The highest BCUT2D eigenvalue weighted by Gasteiger charge is 2.31. The van der Waals surface area contributed by atoms with Crippen LogP contribution in [0.2, 0.25) is 0 Å². The summed E-state index contributed by atoms with van der Waals surface area (Å²) in [6, 6.07) is 16.2. The van der Waals surface area contributed by atoms with Crippen molar-refractivity contribution in [3.8, 4) is 0 Å². The summed E-state index contributed by atoms with van der Waals surface area (Å²) in [4.78, 5) is 0. The van der Waals surface area contributed by atoms with Crippen molar-refractivity contribution in [2.75, 3.05) is 5.32 Å². The second-order valence-corrected chi connectivity index (χ2v) is 6.31. The molecular formula is C19H22FN. The third-order valence-corrected chi connectivity index (χ3v) is 4.41. The van der Waals surface area contributed by atoms with Gasteiger partial charge in [0.15, 0.2) is 0 Å². The zero-order valence-electron chi connectivity index (χ0n) is 12.6. The van der Waals surface area contributed by atoms with E-state index in [0.29, 0.717) is 17.9 Å². The van der Waals surface area contributed by atoms with Crippen molar-refractivity contribution in [2.24, 2.45) is 0 Å². The lowest BCUT2D eigenvalue weighted by Gasteiger charge is -2.37. The number of hydrogen-bond acceptors (Lipinski definition) is 1. The van der Waals surface area contributed by atoms with Gasteiger partial charge in [0.1, 0.15) is 5.82 Å². The molecule has 110 valence electrons. The second kappa shape index (κ2) is 5.88. The van der Waals surface area contributed by atoms with Gasteiger partial charge in [-0.25, -0.2) is 4.39 Å². The molecule has 0 spiro atoms. The van der Waals surface area contributed by atoms with E-state index >= 15 is 0 Å². The third-order valence-electron chi connectivity index (χ3n) is 4.41. The van der Waals surface area contributed by atoms with Crippen LogP contribution in [-0.2, 0) is 0 Å². The van der Waals surface area contributed by atoms with E-state index < -0.39 is 0 Å². The van der Waals surface area contributed by atoms with Crippen LogP contribution < -0.4 is 5.32 Å². The average molecular weight is 283 g/mol. The van der Waals surface area contributed by atoms with E-state index in [9.17, 15) is 4.39 Å². The zero-order valence-corrected chi connectivity index (χ0v) is 12.6. The molecule has 0 bridgehead atoms. The molecular weight excluding hydrogens is 261 g/mol. The standard InChI is InChI=1S/C19H22FN/c1-13(2)14-6-5-7-16(10-14)21-17-11-15(12-17)18-8-3-4-9-19(18)20/h3-10,13,15,17,21H,11-12H2,1-2H3. The first kappa shape index (κ1) is 14.1. The third kappa shape index (κ3) is 3.10. The van der Waals surface area contributed by atoms with Crippen LogP contribution >= 0.6 is 0 Å². The fraction of sp³-hybridized carbons (Fsp3) is 0.368. The number of anilines is 1. The monoisotopic (exact) mass is 283 g/mol. The summed E-state index contributed by atoms with van der Waals surface area (Å²) < 4.78 is 13.7. The van der Waals surface area contributed by atoms with Crippen molar-refractivity contribution >= 4 is 5.69 Å². The van der Waals surface area contributed by atoms with Gasteiger partial charge in [-0.05, 0) is 54.0 Å². The predicted molar refractivity (Wildman–Crippen MR) is 86.3 cm³/mol. The first-order valence-corrected chi connectivity index (χ1v) is 7.74. The summed E-state index contributed by atoms with van der Waals surface area (Å²) >= 11 is 0. The average Bonchev–Trinajstić information content (AvgIpc) is 2.44. The molecule has 2 heteroatoms. The summed E-state index contributed by atoms with van der Waals surface area (Å²) in [5, 5.41) is 3.57. The highest BCUT2D eigenvalue weighted by Crippen LogP contribution is 2.39. The van der Waals surface area contributed by atoms with E-state index in [-0.39, 0.29) is 5.82 Å². The summed E-state index contributed by atoms with van der Waals surface area (Å²) in [5.74, 6) is 0.832. The molecule has 1 N–H and O–H groups in total. The van der Waals surface area contributed by atoms with Crippen LogP contribution in [-0.4, -0.2) is 6.04 Å². The summed E-state index contributed by atoms with van der Waals surface area (Å²) in [5.41, 5.74) is 3.40. The van der Waals surface area contributed by atoms with Gasteiger partial charge in [0, 0.05) is 11.7 Å². The molecule has 1 aliphatic rings. The van der Waals surface area contributed by atoms with Gasteiger partial charge in [0.2, 0.25) is 0 Å². The molecule has 2 aromatic carbocycles. The van der Waals surface area contributed by atoms with Crippen LogP contribution in [0, 0.1) is 5.82 Å². The molecule has 21 heavy (non-hydrogen) atoms. The van der Waals surface area contributed by atoms with Crippen LogP contribution in [0.4, 0.5) is 10.1 Å². The number of hydrogen-bond donors (Lipinski definition) is 1. The lowest BCUT2D eigenvalue weighted by molar-refractivity contribution is 0.363. The van der Waals surface area contributed by atoms with Crippen molar-refractivity contribution in [3.05, 3.63) is 65.5 Å². The van der Waals surface area contributed by atoms with E-state index in [2.05, 4.69) is 43.4 Å². The van der Waals surface area contributed by atoms with Gasteiger partial charge in [-0.15, -0.1) is 0 Å². The maximum Gasteiger partial charge on any atom is 0.126 e. The molecule has 1 saturated carbocycles. The lowest BCUT2D eigenvalue weighted by atomic mass is 9.75. The van der Waals surface area contributed by atoms with Gasteiger partial charge >= 0.3 is 0 Å². The lowest BCUT2D eigenvalue weighted by Crippen LogP contribution is -2.34. The highest BCUT2D eigenvalue weighted by molar-refractivity contribution is 5.48.